The lowest BCUT2D eigenvalue weighted by Gasteiger charge is -2.44. The summed E-state index contributed by atoms with van der Waals surface area (Å²) in [5, 5.41) is 0. The average molecular weight is 649 g/mol. The van der Waals surface area contributed by atoms with Gasteiger partial charge in [-0.05, 0) is 56.0 Å². The fourth-order valence-corrected chi connectivity index (χ4v) is 7.54. The molecule has 242 valence electrons. The summed E-state index contributed by atoms with van der Waals surface area (Å²) in [7, 11) is -3.01. The minimum atomic E-state index is -4.48. The molecule has 2 aromatic carbocycles. The number of halogens is 1. The van der Waals surface area contributed by atoms with E-state index in [9.17, 15) is 18.0 Å². The predicted octanol–water partition coefficient (Wildman–Crippen LogP) is 3.32. The fourth-order valence-electron chi connectivity index (χ4n) is 5.88. The Morgan fingerprint density at radius 2 is 1.96 bits per heavy atom. The molecule has 4 atom stereocenters. The number of benzene rings is 2. The van der Waals surface area contributed by atoms with Gasteiger partial charge >= 0.3 is 12.2 Å². The number of piperazine rings is 1. The van der Waals surface area contributed by atoms with Gasteiger partial charge in [0.05, 0.1) is 17.5 Å². The molecule has 0 saturated carbocycles. The van der Waals surface area contributed by atoms with Gasteiger partial charge in [-0.2, -0.15) is 9.29 Å². The number of fused-ring (bicyclic) bond motifs is 3. The molecule has 14 nitrogen and oxygen atoms in total. The quantitative estimate of drug-likeness (QED) is 0.254. The molecule has 3 saturated heterocycles. The maximum atomic E-state index is 15.3. The number of ether oxygens (including phenoxy) is 4. The molecule has 45 heavy (non-hydrogen) atoms. The standard InChI is InChI=1S/C29H33FN4O10S/c1-39-14-15-41-29(36)34-18-9-11-22(34)26(27(35)32-44-25-8-4-5-13-40-25)33(17-18)45(37,38)19-10-12-23(20(30)16-19)42-28-31-21-6-2-3-7-24(21)43-28/h2-3,6-7,10,12,16,18,22,25-26H,4-5,8-9,11,13-15,17H2,1H3,(H,32,35)/t18-,22+,25?,26-/m1/s1. The highest BCUT2D eigenvalue weighted by molar-refractivity contribution is 7.89. The number of carbonyl (C=O) groups is 2. The molecule has 2 amide bonds. The zero-order chi connectivity index (χ0) is 31.6. The summed E-state index contributed by atoms with van der Waals surface area (Å²) >= 11 is 0. The summed E-state index contributed by atoms with van der Waals surface area (Å²) in [4.78, 5) is 37.3. The minimum absolute atomic E-state index is 0.0104. The van der Waals surface area contributed by atoms with Crippen LogP contribution in [0, 0.1) is 5.82 Å². The second kappa shape index (κ2) is 13.3. The second-order valence-corrected chi connectivity index (χ2v) is 12.7. The molecule has 4 heterocycles. The first-order valence-corrected chi connectivity index (χ1v) is 16.1. The molecule has 2 bridgehead atoms. The smallest absolute Gasteiger partial charge is 0.410 e. The first-order valence-electron chi connectivity index (χ1n) is 14.6. The molecule has 1 unspecified atom stereocenters. The van der Waals surface area contributed by atoms with Crippen LogP contribution in [0.2, 0.25) is 0 Å². The lowest BCUT2D eigenvalue weighted by Crippen LogP contribution is -2.66. The second-order valence-electron chi connectivity index (χ2n) is 10.9. The van der Waals surface area contributed by atoms with E-state index in [1.54, 1.807) is 24.3 Å². The third kappa shape index (κ3) is 6.46. The maximum Gasteiger partial charge on any atom is 0.410 e. The number of aromatic nitrogens is 1. The number of carbonyl (C=O) groups excluding carboxylic acids is 2. The van der Waals surface area contributed by atoms with Crippen LogP contribution in [0.4, 0.5) is 9.18 Å². The van der Waals surface area contributed by atoms with Crippen LogP contribution < -0.4 is 10.2 Å². The maximum absolute atomic E-state index is 15.3. The molecule has 1 aromatic heterocycles. The number of hydrogen-bond donors (Lipinski definition) is 1. The van der Waals surface area contributed by atoms with Crippen molar-refractivity contribution in [2.24, 2.45) is 0 Å². The Kier molecular flexibility index (Phi) is 9.18. The van der Waals surface area contributed by atoms with Crippen molar-refractivity contribution in [3.63, 3.8) is 0 Å². The first-order chi connectivity index (χ1) is 21.8. The normalized spacial score (nSPS) is 23.6. The first kappa shape index (κ1) is 31.2. The minimum Gasteiger partial charge on any atom is -0.447 e. The van der Waals surface area contributed by atoms with E-state index in [-0.39, 0.29) is 31.6 Å². The van der Waals surface area contributed by atoms with Crippen molar-refractivity contribution in [1.82, 2.24) is 19.7 Å². The van der Waals surface area contributed by atoms with E-state index in [1.165, 1.54) is 18.1 Å². The van der Waals surface area contributed by atoms with Gasteiger partial charge < -0.3 is 23.4 Å². The van der Waals surface area contributed by atoms with Gasteiger partial charge in [-0.15, -0.1) is 0 Å². The van der Waals surface area contributed by atoms with Crippen molar-refractivity contribution in [3.8, 4) is 11.8 Å². The van der Waals surface area contributed by atoms with Gasteiger partial charge in [-0.25, -0.2) is 27.9 Å². The molecule has 6 rings (SSSR count). The number of nitrogens with one attached hydrogen (secondary N) is 1. The van der Waals surface area contributed by atoms with Crippen molar-refractivity contribution >= 4 is 33.1 Å². The molecule has 16 heteroatoms. The van der Waals surface area contributed by atoms with Gasteiger partial charge in [0.2, 0.25) is 10.0 Å². The Hall–Kier alpha value is -3.83. The van der Waals surface area contributed by atoms with Crippen LogP contribution >= 0.6 is 0 Å². The third-order valence-electron chi connectivity index (χ3n) is 8.01. The number of nitrogens with zero attached hydrogens (tertiary/aromatic N) is 3. The van der Waals surface area contributed by atoms with E-state index in [1.807, 2.05) is 0 Å². The molecule has 0 radical (unpaired) electrons. The van der Waals surface area contributed by atoms with Gasteiger partial charge in [-0.1, -0.05) is 12.1 Å². The monoisotopic (exact) mass is 648 g/mol. The highest BCUT2D eigenvalue weighted by atomic mass is 32.2. The highest BCUT2D eigenvalue weighted by Crippen LogP contribution is 2.38. The lowest BCUT2D eigenvalue weighted by atomic mass is 10.1. The molecule has 3 aromatic rings. The topological polar surface area (TPSA) is 159 Å². The average Bonchev–Trinajstić information content (AvgIpc) is 3.59. The van der Waals surface area contributed by atoms with Gasteiger partial charge in [0.25, 0.3) is 5.91 Å². The number of methoxy groups -OCH3 is 1. The fraction of sp³-hybridized carbons (Fsp3) is 0.483. The largest absolute Gasteiger partial charge is 0.447 e. The summed E-state index contributed by atoms with van der Waals surface area (Å²) < 4.78 is 71.1. The molecule has 3 aliphatic rings. The molecule has 3 fully saturated rings. The van der Waals surface area contributed by atoms with Crippen molar-refractivity contribution in [2.75, 3.05) is 33.5 Å². The van der Waals surface area contributed by atoms with E-state index in [4.69, 9.17) is 28.2 Å². The Morgan fingerprint density at radius 3 is 2.71 bits per heavy atom. The van der Waals surface area contributed by atoms with E-state index in [0.717, 1.165) is 29.3 Å². The SMILES string of the molecule is COCCOC(=O)N1[C@@H]2CC[C@H]1[C@H](C(=O)NOC1CCCCO1)N(S(=O)(=O)c1ccc(Oc3nc4ccccc4o3)c(F)c1)C2. The molecule has 3 aliphatic heterocycles. The van der Waals surface area contributed by atoms with Crippen LogP contribution in [0.1, 0.15) is 32.1 Å². The van der Waals surface area contributed by atoms with Gasteiger partial charge in [0.15, 0.2) is 23.4 Å². The number of oxazole rings is 1. The number of amides is 2. The van der Waals surface area contributed by atoms with Crippen LogP contribution in [0.15, 0.2) is 51.8 Å². The number of hydroxylamine groups is 1. The lowest BCUT2D eigenvalue weighted by molar-refractivity contribution is -0.203. The molecular weight excluding hydrogens is 615 g/mol. The Balaban J connectivity index is 1.25. The molecular formula is C29H33FN4O10S. The van der Waals surface area contributed by atoms with Crippen LogP contribution in [0.3, 0.4) is 0 Å². The summed E-state index contributed by atoms with van der Waals surface area (Å²) in [5.41, 5.74) is 3.29. The van der Waals surface area contributed by atoms with Crippen molar-refractivity contribution < 1.29 is 50.6 Å². The van der Waals surface area contributed by atoms with Gasteiger partial charge in [0, 0.05) is 32.7 Å². The Bertz CT molecular complexity index is 1610. The van der Waals surface area contributed by atoms with Crippen LogP contribution in [0.5, 0.6) is 11.8 Å². The van der Waals surface area contributed by atoms with E-state index < -0.39 is 57.2 Å². The highest BCUT2D eigenvalue weighted by Gasteiger charge is 2.55. The van der Waals surface area contributed by atoms with Crippen molar-refractivity contribution in [2.45, 2.75) is 61.4 Å². The van der Waals surface area contributed by atoms with Gasteiger partial charge in [-0.3, -0.25) is 9.69 Å². The van der Waals surface area contributed by atoms with E-state index in [0.29, 0.717) is 37.0 Å². The molecule has 1 N–H and O–H groups in total. The zero-order valence-corrected chi connectivity index (χ0v) is 25.2. The number of rotatable bonds is 10. The summed E-state index contributed by atoms with van der Waals surface area (Å²) in [6, 6.07) is 7.17. The third-order valence-corrected chi connectivity index (χ3v) is 9.86. The molecule has 0 aliphatic carbocycles. The Labute approximate surface area is 258 Å². The van der Waals surface area contributed by atoms with Crippen LogP contribution in [-0.4, -0.2) is 92.5 Å². The summed E-state index contributed by atoms with van der Waals surface area (Å²) in [5.74, 6) is -2.08. The number of hydrogen-bond acceptors (Lipinski definition) is 11. The van der Waals surface area contributed by atoms with Crippen LogP contribution in [-0.2, 0) is 33.9 Å². The van der Waals surface area contributed by atoms with E-state index >= 15 is 4.39 Å². The number of para-hydroxylation sites is 2. The predicted molar refractivity (Wildman–Crippen MR) is 153 cm³/mol. The van der Waals surface area contributed by atoms with Crippen molar-refractivity contribution in [3.05, 3.63) is 48.3 Å². The van der Waals surface area contributed by atoms with Crippen LogP contribution in [0.25, 0.3) is 11.1 Å². The van der Waals surface area contributed by atoms with Gasteiger partial charge in [0.1, 0.15) is 18.2 Å². The number of sulfonamides is 1. The van der Waals surface area contributed by atoms with Crippen molar-refractivity contribution in [1.29, 1.82) is 0 Å². The summed E-state index contributed by atoms with van der Waals surface area (Å²) in [6.45, 7) is 0.405. The summed E-state index contributed by atoms with van der Waals surface area (Å²) in [6.07, 6.45) is 1.43. The van der Waals surface area contributed by atoms with E-state index in [2.05, 4.69) is 10.5 Å². The molecule has 0 spiro atoms. The zero-order valence-electron chi connectivity index (χ0n) is 24.4. The Morgan fingerprint density at radius 1 is 1.11 bits per heavy atom.